The lowest BCUT2D eigenvalue weighted by Gasteiger charge is -2.33. The first-order chi connectivity index (χ1) is 15.0. The molecule has 31 heavy (non-hydrogen) atoms. The fourth-order valence-corrected chi connectivity index (χ4v) is 5.92. The zero-order valence-corrected chi connectivity index (χ0v) is 17.9. The van der Waals surface area contributed by atoms with Crippen molar-refractivity contribution in [2.24, 2.45) is 0 Å². The molecule has 6 heteroatoms. The zero-order valence-electron chi connectivity index (χ0n) is 17.0. The first-order valence-electron chi connectivity index (χ1n) is 10.2. The Hall–Kier alpha value is -3.12. The van der Waals surface area contributed by atoms with E-state index in [-0.39, 0.29) is 11.5 Å². The molecule has 156 valence electrons. The number of hydrogen-bond donors (Lipinski definition) is 0. The highest BCUT2D eigenvalue weighted by Crippen LogP contribution is 2.54. The highest BCUT2D eigenvalue weighted by Gasteiger charge is 2.59. The van der Waals surface area contributed by atoms with Crippen LogP contribution in [0, 0.1) is 12.7 Å². The van der Waals surface area contributed by atoms with Crippen LogP contribution in [0.5, 0.6) is 0 Å². The molecular formula is C25H21FN2O2S. The van der Waals surface area contributed by atoms with Gasteiger partial charge in [0.25, 0.3) is 11.8 Å². The van der Waals surface area contributed by atoms with Gasteiger partial charge in [-0.25, -0.2) is 4.39 Å². The van der Waals surface area contributed by atoms with Gasteiger partial charge in [0.15, 0.2) is 4.87 Å². The van der Waals surface area contributed by atoms with E-state index < -0.39 is 16.6 Å². The number of benzene rings is 3. The van der Waals surface area contributed by atoms with E-state index in [0.29, 0.717) is 18.8 Å². The first kappa shape index (κ1) is 19.8. The van der Waals surface area contributed by atoms with Crippen LogP contribution in [0.25, 0.3) is 0 Å². The average molecular weight is 433 g/mol. The van der Waals surface area contributed by atoms with E-state index in [0.717, 1.165) is 22.4 Å². The molecular weight excluding hydrogens is 411 g/mol. The van der Waals surface area contributed by atoms with Crippen LogP contribution in [-0.2, 0) is 16.2 Å². The smallest absolute Gasteiger partial charge is 0.268 e. The van der Waals surface area contributed by atoms with Crippen molar-refractivity contribution in [1.82, 2.24) is 4.90 Å². The monoisotopic (exact) mass is 432 g/mol. The molecule has 1 spiro atoms. The van der Waals surface area contributed by atoms with Crippen LogP contribution >= 0.6 is 11.8 Å². The molecule has 3 aromatic rings. The van der Waals surface area contributed by atoms with Crippen LogP contribution in [-0.4, -0.2) is 29.0 Å². The number of carbonyl (C=O) groups is 2. The Kier molecular flexibility index (Phi) is 4.82. The van der Waals surface area contributed by atoms with E-state index in [4.69, 9.17) is 0 Å². The summed E-state index contributed by atoms with van der Waals surface area (Å²) in [5.41, 5.74) is 3.74. The van der Waals surface area contributed by atoms with Gasteiger partial charge in [0, 0.05) is 17.9 Å². The molecule has 2 aliphatic rings. The molecule has 0 saturated carbocycles. The van der Waals surface area contributed by atoms with Crippen LogP contribution < -0.4 is 4.90 Å². The van der Waals surface area contributed by atoms with Crippen molar-refractivity contribution in [3.05, 3.63) is 101 Å². The predicted molar refractivity (Wildman–Crippen MR) is 120 cm³/mol. The van der Waals surface area contributed by atoms with Crippen molar-refractivity contribution in [1.29, 1.82) is 0 Å². The number of thioether (sulfide) groups is 1. The maximum absolute atomic E-state index is 14.4. The highest BCUT2D eigenvalue weighted by molar-refractivity contribution is 8.01. The van der Waals surface area contributed by atoms with Crippen molar-refractivity contribution in [2.45, 2.75) is 18.3 Å². The molecule has 0 N–H and O–H groups in total. The lowest BCUT2D eigenvalue weighted by Crippen LogP contribution is -2.50. The van der Waals surface area contributed by atoms with E-state index in [1.54, 1.807) is 21.9 Å². The largest absolute Gasteiger partial charge is 0.311 e. The molecule has 0 unspecified atom stereocenters. The van der Waals surface area contributed by atoms with Gasteiger partial charge in [0.05, 0.1) is 17.8 Å². The van der Waals surface area contributed by atoms with Gasteiger partial charge in [-0.15, -0.1) is 11.8 Å². The first-order valence-corrected chi connectivity index (χ1v) is 11.2. The number of para-hydroxylation sites is 1. The van der Waals surface area contributed by atoms with Gasteiger partial charge in [0.1, 0.15) is 5.82 Å². The molecule has 0 aliphatic carbocycles. The van der Waals surface area contributed by atoms with Crippen LogP contribution in [0.2, 0.25) is 0 Å². The van der Waals surface area contributed by atoms with Crippen molar-refractivity contribution in [3.63, 3.8) is 0 Å². The van der Waals surface area contributed by atoms with E-state index >= 15 is 0 Å². The van der Waals surface area contributed by atoms with E-state index in [1.165, 1.54) is 23.9 Å². The molecule has 0 radical (unpaired) electrons. The van der Waals surface area contributed by atoms with Crippen molar-refractivity contribution >= 4 is 29.3 Å². The molecule has 0 bridgehead atoms. The summed E-state index contributed by atoms with van der Waals surface area (Å²) in [6.07, 6.45) is 0. The Morgan fingerprint density at radius 3 is 2.55 bits per heavy atom. The Morgan fingerprint density at radius 1 is 1.03 bits per heavy atom. The molecule has 1 fully saturated rings. The van der Waals surface area contributed by atoms with Crippen LogP contribution in [0.4, 0.5) is 10.1 Å². The topological polar surface area (TPSA) is 40.6 Å². The van der Waals surface area contributed by atoms with Crippen molar-refractivity contribution in [3.8, 4) is 0 Å². The highest BCUT2D eigenvalue weighted by atomic mass is 32.2. The summed E-state index contributed by atoms with van der Waals surface area (Å²) in [6, 6.07) is 21.5. The standard InChI is InChI=1S/C25H21FN2O2S/c1-17-8-2-3-9-18(17)16-27-22-13-7-5-11-20(22)25(24(27)30)28(14-15-31-25)23(29)19-10-4-6-12-21(19)26/h2-13H,14-16H2,1H3/t25-/m0/s1. The van der Waals surface area contributed by atoms with Gasteiger partial charge in [-0.2, -0.15) is 0 Å². The number of nitrogens with zero attached hydrogens (tertiary/aromatic N) is 2. The van der Waals surface area contributed by atoms with Gasteiger partial charge in [-0.05, 0) is 36.2 Å². The minimum atomic E-state index is -1.17. The molecule has 5 rings (SSSR count). The van der Waals surface area contributed by atoms with E-state index in [1.807, 2.05) is 55.5 Å². The lowest BCUT2D eigenvalue weighted by molar-refractivity contribution is -0.123. The summed E-state index contributed by atoms with van der Waals surface area (Å²) >= 11 is 1.45. The fraction of sp³-hybridized carbons (Fsp3) is 0.200. The molecule has 2 aliphatic heterocycles. The molecule has 2 heterocycles. The summed E-state index contributed by atoms with van der Waals surface area (Å²) in [6.45, 7) is 2.83. The van der Waals surface area contributed by atoms with Crippen molar-refractivity contribution < 1.29 is 14.0 Å². The summed E-state index contributed by atoms with van der Waals surface area (Å²) in [5.74, 6) is -0.568. The van der Waals surface area contributed by atoms with Gasteiger partial charge < -0.3 is 9.80 Å². The van der Waals surface area contributed by atoms with Crippen LogP contribution in [0.3, 0.4) is 0 Å². The molecule has 4 nitrogen and oxygen atoms in total. The third kappa shape index (κ3) is 2.97. The number of fused-ring (bicyclic) bond motifs is 2. The maximum atomic E-state index is 14.4. The Balaban J connectivity index is 1.60. The maximum Gasteiger partial charge on any atom is 0.268 e. The van der Waals surface area contributed by atoms with Crippen molar-refractivity contribution in [2.75, 3.05) is 17.2 Å². The Labute approximate surface area is 184 Å². The van der Waals surface area contributed by atoms with Gasteiger partial charge >= 0.3 is 0 Å². The third-order valence-electron chi connectivity index (χ3n) is 6.04. The normalized spacial score (nSPS) is 19.9. The number of aryl methyl sites for hydroxylation is 1. The average Bonchev–Trinajstić information content (AvgIpc) is 3.32. The lowest BCUT2D eigenvalue weighted by atomic mass is 10.0. The number of anilines is 1. The number of hydrogen-bond acceptors (Lipinski definition) is 3. The summed E-state index contributed by atoms with van der Waals surface area (Å²) in [5, 5.41) is 0. The minimum absolute atomic E-state index is 0.00740. The number of amides is 2. The molecule has 1 atom stereocenters. The zero-order chi connectivity index (χ0) is 21.6. The minimum Gasteiger partial charge on any atom is -0.311 e. The quantitative estimate of drug-likeness (QED) is 0.601. The fourth-order valence-electron chi connectivity index (χ4n) is 4.46. The third-order valence-corrected chi connectivity index (χ3v) is 7.46. The van der Waals surface area contributed by atoms with Crippen LogP contribution in [0.1, 0.15) is 27.0 Å². The SMILES string of the molecule is Cc1ccccc1CN1C(=O)[C@@]2(SCCN2C(=O)c2ccccc2F)c2ccccc21. The molecule has 0 aromatic heterocycles. The summed E-state index contributed by atoms with van der Waals surface area (Å²) in [7, 11) is 0. The number of halogens is 1. The molecule has 1 saturated heterocycles. The number of rotatable bonds is 3. The Morgan fingerprint density at radius 2 is 1.74 bits per heavy atom. The van der Waals surface area contributed by atoms with Gasteiger partial charge in [0.2, 0.25) is 0 Å². The summed E-state index contributed by atoms with van der Waals surface area (Å²) < 4.78 is 14.4. The second-order valence-corrected chi connectivity index (χ2v) is 9.05. The van der Waals surface area contributed by atoms with Crippen LogP contribution in [0.15, 0.2) is 72.8 Å². The predicted octanol–water partition coefficient (Wildman–Crippen LogP) is 4.72. The van der Waals surface area contributed by atoms with Gasteiger partial charge in [-0.1, -0.05) is 54.6 Å². The van der Waals surface area contributed by atoms with Gasteiger partial charge in [-0.3, -0.25) is 9.59 Å². The second kappa shape index (κ2) is 7.54. The van der Waals surface area contributed by atoms with E-state index in [2.05, 4.69) is 0 Å². The molecule has 3 aromatic carbocycles. The van der Waals surface area contributed by atoms with E-state index in [9.17, 15) is 14.0 Å². The summed E-state index contributed by atoms with van der Waals surface area (Å²) in [4.78, 5) is 29.5. The second-order valence-electron chi connectivity index (χ2n) is 7.76. The molecule has 2 amide bonds. The number of carbonyl (C=O) groups excluding carboxylic acids is 2. The Bertz CT molecular complexity index is 1200.